The third-order valence-corrected chi connectivity index (χ3v) is 6.65. The summed E-state index contributed by atoms with van der Waals surface area (Å²) in [6.45, 7) is 3.78. The van der Waals surface area contributed by atoms with Gasteiger partial charge in [-0.1, -0.05) is 34.6 Å². The fourth-order valence-electron chi connectivity index (χ4n) is 2.97. The van der Waals surface area contributed by atoms with E-state index >= 15 is 0 Å². The highest BCUT2D eigenvalue weighted by atomic mass is 35.5. The number of methoxy groups -OCH3 is 1. The highest BCUT2D eigenvalue weighted by molar-refractivity contribution is 8.13. The summed E-state index contributed by atoms with van der Waals surface area (Å²) in [5, 5.41) is 6.96. The molecule has 0 radical (unpaired) electrons. The Morgan fingerprint density at radius 2 is 2.17 bits per heavy atom. The molecule has 154 valence electrons. The van der Waals surface area contributed by atoms with Gasteiger partial charge in [-0.05, 0) is 49.6 Å². The third-order valence-electron chi connectivity index (χ3n) is 4.57. The van der Waals surface area contributed by atoms with Gasteiger partial charge < -0.3 is 9.26 Å². The quantitative estimate of drug-likeness (QED) is 0.458. The minimum atomic E-state index is -0.203. The van der Waals surface area contributed by atoms with Crippen molar-refractivity contribution >= 4 is 57.5 Å². The summed E-state index contributed by atoms with van der Waals surface area (Å²) >= 11 is 9.32. The number of carbonyl (C=O) groups is 1. The molecule has 4 rings (SSSR count). The van der Waals surface area contributed by atoms with Gasteiger partial charge in [0.25, 0.3) is 5.91 Å². The molecule has 0 saturated carbocycles. The van der Waals surface area contributed by atoms with E-state index in [2.05, 4.69) is 10.1 Å². The largest absolute Gasteiger partial charge is 0.495 e. The minimum Gasteiger partial charge on any atom is -0.495 e. The van der Waals surface area contributed by atoms with E-state index in [9.17, 15) is 4.79 Å². The van der Waals surface area contributed by atoms with Gasteiger partial charge in [0.2, 0.25) is 0 Å². The van der Waals surface area contributed by atoms with Crippen LogP contribution in [0, 0.1) is 13.8 Å². The van der Waals surface area contributed by atoms with Gasteiger partial charge in [0.05, 0.1) is 23.5 Å². The van der Waals surface area contributed by atoms with Gasteiger partial charge in [-0.2, -0.15) is 0 Å². The normalized spacial score (nSPS) is 15.2. The number of thiophene rings is 1. The Morgan fingerprint density at radius 1 is 1.33 bits per heavy atom. The summed E-state index contributed by atoms with van der Waals surface area (Å²) in [4.78, 5) is 20.4. The van der Waals surface area contributed by atoms with Crippen molar-refractivity contribution in [1.82, 2.24) is 5.16 Å². The van der Waals surface area contributed by atoms with Crippen molar-refractivity contribution < 1.29 is 14.1 Å². The van der Waals surface area contributed by atoms with E-state index in [4.69, 9.17) is 20.9 Å². The molecule has 1 aliphatic heterocycles. The summed E-state index contributed by atoms with van der Waals surface area (Å²) in [6.07, 6.45) is 1.80. The maximum absolute atomic E-state index is 13.2. The molecule has 6 nitrogen and oxygen atoms in total. The van der Waals surface area contributed by atoms with Crippen LogP contribution in [0.1, 0.15) is 21.9 Å². The van der Waals surface area contributed by atoms with Gasteiger partial charge in [-0.15, -0.1) is 11.3 Å². The number of halogens is 1. The van der Waals surface area contributed by atoms with Crippen molar-refractivity contribution in [2.45, 2.75) is 19.6 Å². The molecule has 30 heavy (non-hydrogen) atoms. The number of thioether (sulfide) groups is 1. The first-order valence-electron chi connectivity index (χ1n) is 9.04. The van der Waals surface area contributed by atoms with Crippen molar-refractivity contribution in [3.8, 4) is 5.75 Å². The molecule has 3 aromatic rings. The second kappa shape index (κ2) is 8.67. The molecular weight excluding hydrogens is 442 g/mol. The number of aromatic nitrogens is 1. The number of nitrogens with zero attached hydrogens (tertiary/aromatic N) is 3. The zero-order chi connectivity index (χ0) is 21.3. The van der Waals surface area contributed by atoms with E-state index in [1.807, 2.05) is 31.4 Å². The average molecular weight is 460 g/mol. The Balaban J connectivity index is 1.69. The number of ether oxygens (including phenoxy) is 1. The van der Waals surface area contributed by atoms with Crippen LogP contribution in [0.15, 0.2) is 50.9 Å². The molecule has 1 aliphatic rings. The molecule has 1 amide bonds. The topological polar surface area (TPSA) is 67.9 Å². The second-order valence-corrected chi connectivity index (χ2v) is 8.82. The van der Waals surface area contributed by atoms with Crippen LogP contribution in [-0.4, -0.2) is 23.3 Å². The van der Waals surface area contributed by atoms with Crippen molar-refractivity contribution in [2.75, 3.05) is 12.0 Å². The smallest absolute Gasteiger partial charge is 0.283 e. The number of carbonyl (C=O) groups excluding carboxylic acids is 1. The molecule has 9 heteroatoms. The lowest BCUT2D eigenvalue weighted by Gasteiger charge is -2.18. The van der Waals surface area contributed by atoms with Gasteiger partial charge in [0.1, 0.15) is 17.2 Å². The molecule has 0 spiro atoms. The van der Waals surface area contributed by atoms with Crippen molar-refractivity contribution in [3.63, 3.8) is 0 Å². The molecule has 2 aromatic heterocycles. The number of benzene rings is 1. The molecule has 0 fully saturated rings. The summed E-state index contributed by atoms with van der Waals surface area (Å²) < 4.78 is 10.5. The van der Waals surface area contributed by atoms with Crippen LogP contribution in [0.25, 0.3) is 6.08 Å². The van der Waals surface area contributed by atoms with Crippen molar-refractivity contribution in [1.29, 1.82) is 0 Å². The Bertz CT molecular complexity index is 1130. The van der Waals surface area contributed by atoms with Gasteiger partial charge >= 0.3 is 0 Å². The molecule has 0 N–H and O–H groups in total. The fourth-order valence-corrected chi connectivity index (χ4v) is 5.04. The van der Waals surface area contributed by atoms with E-state index < -0.39 is 0 Å². The van der Waals surface area contributed by atoms with E-state index in [0.717, 1.165) is 21.9 Å². The van der Waals surface area contributed by atoms with Crippen LogP contribution < -0.4 is 9.64 Å². The van der Waals surface area contributed by atoms with Gasteiger partial charge in [0, 0.05) is 16.2 Å². The Labute approximate surface area is 187 Å². The first kappa shape index (κ1) is 20.7. The Hall–Kier alpha value is -2.55. The average Bonchev–Trinajstić information content (AvgIpc) is 3.42. The summed E-state index contributed by atoms with van der Waals surface area (Å²) in [7, 11) is 1.55. The molecule has 0 bridgehead atoms. The van der Waals surface area contributed by atoms with Crippen LogP contribution in [0.2, 0.25) is 5.02 Å². The molecule has 0 unspecified atom stereocenters. The van der Waals surface area contributed by atoms with E-state index in [1.165, 1.54) is 11.8 Å². The van der Waals surface area contributed by atoms with Gasteiger partial charge in [-0.3, -0.25) is 9.69 Å². The monoisotopic (exact) mass is 459 g/mol. The zero-order valence-electron chi connectivity index (χ0n) is 16.5. The van der Waals surface area contributed by atoms with Gasteiger partial charge in [-0.25, -0.2) is 4.99 Å². The maximum Gasteiger partial charge on any atom is 0.283 e. The second-order valence-electron chi connectivity index (χ2n) is 6.49. The lowest BCUT2D eigenvalue weighted by atomic mass is 10.2. The van der Waals surface area contributed by atoms with Crippen LogP contribution in [0.3, 0.4) is 0 Å². The number of aliphatic imine (C=N–C) groups is 1. The van der Waals surface area contributed by atoms with Crippen LogP contribution in [-0.2, 0) is 10.5 Å². The molecule has 0 aliphatic carbocycles. The van der Waals surface area contributed by atoms with Crippen LogP contribution >= 0.6 is 34.7 Å². The SMILES string of the molecule is COc1ccc(N2C(=O)/C(=C\c3cccs3)N=C2SCc2c(C)noc2C)cc1Cl. The number of rotatable bonds is 5. The van der Waals surface area contributed by atoms with E-state index in [1.54, 1.807) is 47.6 Å². The summed E-state index contributed by atoms with van der Waals surface area (Å²) in [6, 6.07) is 9.13. The van der Waals surface area contributed by atoms with Crippen molar-refractivity contribution in [2.24, 2.45) is 4.99 Å². The summed E-state index contributed by atoms with van der Waals surface area (Å²) in [5.74, 6) is 1.69. The standard InChI is InChI=1S/C21H18ClN3O3S2/c1-12-16(13(2)28-24-12)11-30-21-23-18(10-15-5-4-8-29-15)20(26)25(21)14-6-7-19(27-3)17(22)9-14/h4-10H,11H2,1-3H3/b18-10+. The maximum atomic E-state index is 13.2. The third kappa shape index (κ3) is 4.03. The molecule has 0 saturated heterocycles. The molecule has 0 atom stereocenters. The number of aryl methyl sites for hydroxylation is 2. The summed E-state index contributed by atoms with van der Waals surface area (Å²) in [5.41, 5.74) is 2.84. The number of hydrogen-bond donors (Lipinski definition) is 0. The lowest BCUT2D eigenvalue weighted by Crippen LogP contribution is -2.30. The first-order valence-corrected chi connectivity index (χ1v) is 11.3. The Kier molecular flexibility index (Phi) is 5.99. The first-order chi connectivity index (χ1) is 14.5. The zero-order valence-corrected chi connectivity index (χ0v) is 18.9. The molecule has 3 heterocycles. The predicted octanol–water partition coefficient (Wildman–Crippen LogP) is 5.69. The molecule has 1 aromatic carbocycles. The molecular formula is C21H18ClN3O3S2. The van der Waals surface area contributed by atoms with E-state index in [0.29, 0.717) is 33.1 Å². The van der Waals surface area contributed by atoms with Gasteiger partial charge in [0.15, 0.2) is 5.17 Å². The Morgan fingerprint density at radius 3 is 2.80 bits per heavy atom. The van der Waals surface area contributed by atoms with Crippen molar-refractivity contribution in [3.05, 3.63) is 68.3 Å². The highest BCUT2D eigenvalue weighted by Crippen LogP contribution is 2.35. The number of amidine groups is 1. The van der Waals surface area contributed by atoms with Crippen LogP contribution in [0.5, 0.6) is 5.75 Å². The van der Waals surface area contributed by atoms with E-state index in [-0.39, 0.29) is 5.91 Å². The number of amides is 1. The fraction of sp³-hybridized carbons (Fsp3) is 0.190. The minimum absolute atomic E-state index is 0.203. The number of hydrogen-bond acceptors (Lipinski definition) is 7. The predicted molar refractivity (Wildman–Crippen MR) is 122 cm³/mol. The number of anilines is 1. The highest BCUT2D eigenvalue weighted by Gasteiger charge is 2.33. The lowest BCUT2D eigenvalue weighted by molar-refractivity contribution is -0.113. The van der Waals surface area contributed by atoms with Crippen LogP contribution in [0.4, 0.5) is 5.69 Å².